The van der Waals surface area contributed by atoms with Gasteiger partial charge in [0.05, 0.1) is 0 Å². The first-order chi connectivity index (χ1) is 9.70. The Hall–Kier alpha value is -0.370. The molecule has 1 aromatic carbocycles. The van der Waals surface area contributed by atoms with Crippen LogP contribution >= 0.6 is 15.9 Å². The third-order valence-electron chi connectivity index (χ3n) is 5.24. The number of hydrogen-bond acceptors (Lipinski definition) is 0. The molecule has 0 bridgehead atoms. The van der Waals surface area contributed by atoms with E-state index < -0.39 is 0 Å². The highest BCUT2D eigenvalue weighted by atomic mass is 79.9. The molecule has 0 amide bonds. The summed E-state index contributed by atoms with van der Waals surface area (Å²) in [5.41, 5.74) is 3.88. The van der Waals surface area contributed by atoms with Gasteiger partial charge in [-0.25, -0.2) is 4.39 Å². The summed E-state index contributed by atoms with van der Waals surface area (Å²) in [4.78, 5) is 0.360. The Morgan fingerprint density at radius 1 is 1.05 bits per heavy atom. The standard InChI is InChI=1S/C19H28BrF/c1-12-10-16(21)11-13(2)17(12)18(20)14-6-8-15(9-7-14)19(3,4)5/h10-11,14-15,18H,6-9H2,1-5H3. The first kappa shape index (κ1) is 17.0. The molecule has 0 spiro atoms. The van der Waals surface area contributed by atoms with Gasteiger partial charge in [0.25, 0.3) is 0 Å². The zero-order chi connectivity index (χ0) is 15.8. The molecule has 2 heteroatoms. The van der Waals surface area contributed by atoms with Gasteiger partial charge in [-0.1, -0.05) is 36.7 Å². The maximum atomic E-state index is 13.5. The van der Waals surface area contributed by atoms with Gasteiger partial charge >= 0.3 is 0 Å². The summed E-state index contributed by atoms with van der Waals surface area (Å²) < 4.78 is 13.5. The van der Waals surface area contributed by atoms with Crippen molar-refractivity contribution in [2.75, 3.05) is 0 Å². The van der Waals surface area contributed by atoms with E-state index in [4.69, 9.17) is 0 Å². The fraction of sp³-hybridized carbons (Fsp3) is 0.684. The van der Waals surface area contributed by atoms with Gasteiger partial charge in [0.2, 0.25) is 0 Å². The van der Waals surface area contributed by atoms with Crippen molar-refractivity contribution in [1.29, 1.82) is 0 Å². The molecule has 0 aliphatic heterocycles. The number of rotatable bonds is 2. The van der Waals surface area contributed by atoms with E-state index in [2.05, 4.69) is 36.7 Å². The predicted octanol–water partition coefficient (Wildman–Crippen LogP) is 6.73. The molecule has 0 aromatic heterocycles. The van der Waals surface area contributed by atoms with E-state index in [1.165, 1.54) is 31.2 Å². The lowest BCUT2D eigenvalue weighted by molar-refractivity contribution is 0.149. The number of alkyl halides is 1. The monoisotopic (exact) mass is 354 g/mol. The summed E-state index contributed by atoms with van der Waals surface area (Å²) in [7, 11) is 0. The molecule has 0 saturated heterocycles. The second kappa shape index (κ2) is 6.40. The topological polar surface area (TPSA) is 0 Å². The number of halogens is 2. The van der Waals surface area contributed by atoms with Gasteiger partial charge in [0.1, 0.15) is 5.82 Å². The zero-order valence-corrected chi connectivity index (χ0v) is 15.6. The Morgan fingerprint density at radius 3 is 1.95 bits per heavy atom. The molecular weight excluding hydrogens is 327 g/mol. The van der Waals surface area contributed by atoms with Crippen LogP contribution in [0.15, 0.2) is 12.1 Å². The van der Waals surface area contributed by atoms with E-state index >= 15 is 0 Å². The Morgan fingerprint density at radius 2 is 1.52 bits per heavy atom. The molecule has 1 fully saturated rings. The molecule has 2 rings (SSSR count). The maximum Gasteiger partial charge on any atom is 0.123 e. The van der Waals surface area contributed by atoms with Crippen LogP contribution in [0.5, 0.6) is 0 Å². The summed E-state index contributed by atoms with van der Waals surface area (Å²) in [5.74, 6) is 1.39. The van der Waals surface area contributed by atoms with Crippen LogP contribution < -0.4 is 0 Å². The van der Waals surface area contributed by atoms with Crippen molar-refractivity contribution in [3.8, 4) is 0 Å². The third-order valence-corrected chi connectivity index (χ3v) is 6.45. The Labute approximate surface area is 137 Å². The van der Waals surface area contributed by atoms with Crippen molar-refractivity contribution >= 4 is 15.9 Å². The molecule has 0 heterocycles. The van der Waals surface area contributed by atoms with Crippen molar-refractivity contribution in [3.05, 3.63) is 34.6 Å². The van der Waals surface area contributed by atoms with E-state index in [9.17, 15) is 4.39 Å². The van der Waals surface area contributed by atoms with E-state index in [0.717, 1.165) is 17.0 Å². The first-order valence-electron chi connectivity index (χ1n) is 8.11. The third kappa shape index (κ3) is 3.88. The van der Waals surface area contributed by atoms with Crippen molar-refractivity contribution in [1.82, 2.24) is 0 Å². The fourth-order valence-electron chi connectivity index (χ4n) is 3.87. The van der Waals surface area contributed by atoms with Crippen LogP contribution in [0.1, 0.15) is 68.0 Å². The van der Waals surface area contributed by atoms with Crippen LogP contribution in [0.2, 0.25) is 0 Å². The van der Waals surface area contributed by atoms with E-state index in [-0.39, 0.29) is 5.82 Å². The Kier molecular flexibility index (Phi) is 5.18. The van der Waals surface area contributed by atoms with Crippen molar-refractivity contribution in [3.63, 3.8) is 0 Å². The smallest absolute Gasteiger partial charge is 0.123 e. The molecule has 0 radical (unpaired) electrons. The SMILES string of the molecule is Cc1cc(F)cc(C)c1C(Br)C1CCC(C(C)(C)C)CC1. The van der Waals surface area contributed by atoms with Crippen molar-refractivity contribution < 1.29 is 4.39 Å². The van der Waals surface area contributed by atoms with Crippen molar-refractivity contribution in [2.45, 2.75) is 65.1 Å². The van der Waals surface area contributed by atoms with Crippen LogP contribution in [0.25, 0.3) is 0 Å². The molecule has 0 N–H and O–H groups in total. The van der Waals surface area contributed by atoms with Crippen LogP contribution in [0.4, 0.5) is 4.39 Å². The van der Waals surface area contributed by atoms with Gasteiger partial charge < -0.3 is 0 Å². The zero-order valence-electron chi connectivity index (χ0n) is 14.0. The van der Waals surface area contributed by atoms with Crippen LogP contribution in [-0.4, -0.2) is 0 Å². The Bertz CT molecular complexity index is 470. The summed E-state index contributed by atoms with van der Waals surface area (Å²) in [6, 6.07) is 3.33. The normalized spacial score (nSPS) is 24.9. The molecular formula is C19H28BrF. The predicted molar refractivity (Wildman–Crippen MR) is 92.4 cm³/mol. The number of hydrogen-bond donors (Lipinski definition) is 0. The highest BCUT2D eigenvalue weighted by Crippen LogP contribution is 2.47. The minimum absolute atomic E-state index is 0.120. The maximum absolute atomic E-state index is 13.5. The van der Waals surface area contributed by atoms with Crippen molar-refractivity contribution in [2.24, 2.45) is 17.3 Å². The van der Waals surface area contributed by atoms with E-state index in [0.29, 0.717) is 16.2 Å². The van der Waals surface area contributed by atoms with E-state index in [1.54, 1.807) is 12.1 Å². The molecule has 1 aliphatic rings. The second-order valence-electron chi connectivity index (χ2n) is 7.83. The largest absolute Gasteiger partial charge is 0.207 e. The minimum atomic E-state index is -0.120. The van der Waals surface area contributed by atoms with Gasteiger partial charge in [-0.3, -0.25) is 0 Å². The lowest BCUT2D eigenvalue weighted by atomic mass is 9.68. The summed E-state index contributed by atoms with van der Waals surface area (Å²) in [6.07, 6.45) is 5.17. The first-order valence-corrected chi connectivity index (χ1v) is 9.02. The summed E-state index contributed by atoms with van der Waals surface area (Å²) in [6.45, 7) is 11.1. The van der Waals surface area contributed by atoms with Crippen LogP contribution in [0.3, 0.4) is 0 Å². The molecule has 1 atom stereocenters. The van der Waals surface area contributed by atoms with Gasteiger partial charge in [-0.2, -0.15) is 0 Å². The summed E-state index contributed by atoms with van der Waals surface area (Å²) >= 11 is 3.92. The summed E-state index contributed by atoms with van der Waals surface area (Å²) in [5, 5.41) is 0. The molecule has 0 nitrogen and oxygen atoms in total. The molecule has 1 aromatic rings. The molecule has 1 unspecified atom stereocenters. The van der Waals surface area contributed by atoms with Gasteiger partial charge in [-0.15, -0.1) is 0 Å². The highest BCUT2D eigenvalue weighted by Gasteiger charge is 2.33. The lowest BCUT2D eigenvalue weighted by Crippen LogP contribution is -2.27. The van der Waals surface area contributed by atoms with Gasteiger partial charge in [-0.05, 0) is 85.6 Å². The highest BCUT2D eigenvalue weighted by molar-refractivity contribution is 9.09. The fourth-order valence-corrected chi connectivity index (χ4v) is 5.12. The van der Waals surface area contributed by atoms with Gasteiger partial charge in [0, 0.05) is 4.83 Å². The lowest BCUT2D eigenvalue weighted by Gasteiger charge is -2.38. The van der Waals surface area contributed by atoms with E-state index in [1.807, 2.05) is 13.8 Å². The second-order valence-corrected chi connectivity index (χ2v) is 8.82. The number of aryl methyl sites for hydroxylation is 2. The Balaban J connectivity index is 2.11. The molecule has 1 saturated carbocycles. The minimum Gasteiger partial charge on any atom is -0.207 e. The number of benzene rings is 1. The van der Waals surface area contributed by atoms with Gasteiger partial charge in [0.15, 0.2) is 0 Å². The molecule has 118 valence electrons. The van der Waals surface area contributed by atoms with Crippen LogP contribution in [0, 0.1) is 36.9 Å². The molecule has 21 heavy (non-hydrogen) atoms. The van der Waals surface area contributed by atoms with Crippen LogP contribution in [-0.2, 0) is 0 Å². The quantitative estimate of drug-likeness (QED) is 0.516. The molecule has 1 aliphatic carbocycles. The average Bonchev–Trinajstić information content (AvgIpc) is 2.36. The average molecular weight is 355 g/mol.